The first-order valence-electron chi connectivity index (χ1n) is 7.04. The number of tetrazole rings is 1. The van der Waals surface area contributed by atoms with E-state index in [0.717, 1.165) is 11.2 Å². The number of nitrogens with one attached hydrogen (secondary N) is 1. The number of benzene rings is 1. The van der Waals surface area contributed by atoms with Crippen molar-refractivity contribution in [2.75, 3.05) is 6.26 Å². The highest BCUT2D eigenvalue weighted by Gasteiger charge is 2.21. The molecule has 0 amide bonds. The van der Waals surface area contributed by atoms with E-state index >= 15 is 0 Å². The van der Waals surface area contributed by atoms with Gasteiger partial charge in [0.15, 0.2) is 15.7 Å². The maximum Gasteiger partial charge on any atom is 0.181 e. The first-order chi connectivity index (χ1) is 11.5. The lowest BCUT2D eigenvalue weighted by Gasteiger charge is -2.12. The first kappa shape index (κ1) is 14.5. The Bertz CT molecular complexity index is 1130. The molecule has 0 aliphatic carbocycles. The van der Waals surface area contributed by atoms with Crippen LogP contribution < -0.4 is 0 Å². The molecule has 4 rings (SSSR count). The van der Waals surface area contributed by atoms with Crippen LogP contribution in [0.15, 0.2) is 53.8 Å². The van der Waals surface area contributed by atoms with E-state index in [0.29, 0.717) is 17.0 Å². The number of nitrogens with zero attached hydrogens (tertiary/aromatic N) is 5. The topological polar surface area (TPSA) is 106 Å². The van der Waals surface area contributed by atoms with Crippen molar-refractivity contribution < 1.29 is 8.42 Å². The summed E-state index contributed by atoms with van der Waals surface area (Å²) in [6, 6.07) is 8.84. The van der Waals surface area contributed by atoms with Gasteiger partial charge < -0.3 is 4.40 Å². The van der Waals surface area contributed by atoms with Gasteiger partial charge in [0.25, 0.3) is 0 Å². The summed E-state index contributed by atoms with van der Waals surface area (Å²) in [5.74, 6) is 0.303. The van der Waals surface area contributed by atoms with Crippen molar-refractivity contribution in [3.8, 4) is 22.5 Å². The average Bonchev–Trinajstić information content (AvgIpc) is 3.24. The highest BCUT2D eigenvalue weighted by atomic mass is 32.2. The molecule has 3 aromatic heterocycles. The fourth-order valence-electron chi connectivity index (χ4n) is 2.67. The molecule has 0 atom stereocenters. The summed E-state index contributed by atoms with van der Waals surface area (Å²) < 4.78 is 26.3. The van der Waals surface area contributed by atoms with E-state index in [2.05, 4.69) is 25.6 Å². The van der Waals surface area contributed by atoms with Crippen molar-refractivity contribution >= 4 is 15.5 Å². The van der Waals surface area contributed by atoms with E-state index in [1.807, 2.05) is 35.0 Å². The van der Waals surface area contributed by atoms with Gasteiger partial charge in [-0.15, -0.1) is 5.10 Å². The van der Waals surface area contributed by atoms with Gasteiger partial charge >= 0.3 is 0 Å². The Morgan fingerprint density at radius 1 is 1.17 bits per heavy atom. The lowest BCUT2D eigenvalue weighted by Crippen LogP contribution is -2.02. The lowest BCUT2D eigenvalue weighted by atomic mass is 10.0. The molecule has 0 aliphatic rings. The SMILES string of the molecule is CS(=O)(=O)c1cccc(-c2ccc3nccn3c2)c1-c1nnn[nH]1. The summed E-state index contributed by atoms with van der Waals surface area (Å²) in [4.78, 5) is 4.38. The Labute approximate surface area is 137 Å². The quantitative estimate of drug-likeness (QED) is 0.607. The van der Waals surface area contributed by atoms with E-state index in [-0.39, 0.29) is 4.90 Å². The normalized spacial score (nSPS) is 11.9. The molecule has 0 aliphatic heterocycles. The number of hydrogen-bond acceptors (Lipinski definition) is 6. The van der Waals surface area contributed by atoms with Crippen LogP contribution in [0.4, 0.5) is 0 Å². The Morgan fingerprint density at radius 3 is 2.79 bits per heavy atom. The summed E-state index contributed by atoms with van der Waals surface area (Å²) in [6.45, 7) is 0. The van der Waals surface area contributed by atoms with Crippen molar-refractivity contribution in [1.29, 1.82) is 0 Å². The Morgan fingerprint density at radius 2 is 2.04 bits per heavy atom. The number of hydrogen-bond donors (Lipinski definition) is 1. The third kappa shape index (κ3) is 2.35. The molecular formula is C15H12N6O2S. The van der Waals surface area contributed by atoms with Gasteiger partial charge in [-0.25, -0.2) is 18.5 Å². The van der Waals surface area contributed by atoms with Crippen LogP contribution in [0.2, 0.25) is 0 Å². The second kappa shape index (κ2) is 5.24. The van der Waals surface area contributed by atoms with Crippen LogP contribution in [0.25, 0.3) is 28.2 Å². The average molecular weight is 340 g/mol. The number of fused-ring (bicyclic) bond motifs is 1. The van der Waals surface area contributed by atoms with Crippen LogP contribution in [-0.4, -0.2) is 44.7 Å². The molecule has 120 valence electrons. The van der Waals surface area contributed by atoms with Crippen molar-refractivity contribution in [3.63, 3.8) is 0 Å². The maximum atomic E-state index is 12.2. The number of H-pyrrole nitrogens is 1. The zero-order chi connectivity index (χ0) is 16.7. The maximum absolute atomic E-state index is 12.2. The predicted octanol–water partition coefficient (Wildman–Crippen LogP) is 1.58. The zero-order valence-electron chi connectivity index (χ0n) is 12.6. The van der Waals surface area contributed by atoms with Gasteiger partial charge in [-0.3, -0.25) is 0 Å². The van der Waals surface area contributed by atoms with E-state index in [1.54, 1.807) is 18.3 Å². The van der Waals surface area contributed by atoms with Crippen molar-refractivity contribution in [1.82, 2.24) is 30.0 Å². The number of sulfone groups is 1. The largest absolute Gasteiger partial charge is 0.306 e. The standard InChI is InChI=1S/C15H12N6O2S/c1-24(22,23)12-4-2-3-11(14(12)15-17-19-20-18-15)10-5-6-13-16-7-8-21(13)9-10/h2-9H,1H3,(H,17,18,19,20). The number of aromatic amines is 1. The molecule has 0 spiro atoms. The highest BCUT2D eigenvalue weighted by Crippen LogP contribution is 2.35. The van der Waals surface area contributed by atoms with Gasteiger partial charge in [-0.1, -0.05) is 12.1 Å². The Hall–Kier alpha value is -3.07. The first-order valence-corrected chi connectivity index (χ1v) is 8.93. The number of aromatic nitrogens is 6. The molecule has 3 heterocycles. The Balaban J connectivity index is 2.05. The molecule has 0 bridgehead atoms. The molecule has 0 unspecified atom stereocenters. The fourth-order valence-corrected chi connectivity index (χ4v) is 3.57. The molecule has 9 heteroatoms. The monoisotopic (exact) mass is 340 g/mol. The number of rotatable bonds is 3. The van der Waals surface area contributed by atoms with Crippen LogP contribution in [0.3, 0.4) is 0 Å². The summed E-state index contributed by atoms with van der Waals surface area (Å²) in [7, 11) is -3.46. The molecule has 0 saturated heterocycles. The van der Waals surface area contributed by atoms with Crippen LogP contribution in [0.5, 0.6) is 0 Å². The van der Waals surface area contributed by atoms with E-state index < -0.39 is 9.84 Å². The zero-order valence-corrected chi connectivity index (χ0v) is 13.4. The molecule has 24 heavy (non-hydrogen) atoms. The van der Waals surface area contributed by atoms with Gasteiger partial charge in [-0.05, 0) is 39.8 Å². The van der Waals surface area contributed by atoms with Crippen molar-refractivity contribution in [2.24, 2.45) is 0 Å². The summed E-state index contributed by atoms with van der Waals surface area (Å²) in [5.41, 5.74) is 2.80. The molecule has 1 aromatic carbocycles. The van der Waals surface area contributed by atoms with E-state index in [1.165, 1.54) is 6.26 Å². The third-order valence-corrected chi connectivity index (χ3v) is 4.85. The number of imidazole rings is 1. The lowest BCUT2D eigenvalue weighted by molar-refractivity contribution is 0.602. The van der Waals surface area contributed by atoms with Crippen LogP contribution >= 0.6 is 0 Å². The fraction of sp³-hybridized carbons (Fsp3) is 0.0667. The highest BCUT2D eigenvalue weighted by molar-refractivity contribution is 7.90. The third-order valence-electron chi connectivity index (χ3n) is 3.71. The smallest absolute Gasteiger partial charge is 0.181 e. The Kier molecular flexibility index (Phi) is 3.17. The number of pyridine rings is 1. The summed E-state index contributed by atoms with van der Waals surface area (Å²) in [6.07, 6.45) is 6.58. The van der Waals surface area contributed by atoms with Crippen molar-refractivity contribution in [2.45, 2.75) is 4.90 Å². The summed E-state index contributed by atoms with van der Waals surface area (Å²) in [5, 5.41) is 13.7. The molecule has 4 aromatic rings. The van der Waals surface area contributed by atoms with Gasteiger partial charge in [-0.2, -0.15) is 0 Å². The van der Waals surface area contributed by atoms with Gasteiger partial charge in [0, 0.05) is 30.4 Å². The van der Waals surface area contributed by atoms with Gasteiger partial charge in [0.2, 0.25) is 0 Å². The minimum absolute atomic E-state index is 0.171. The van der Waals surface area contributed by atoms with E-state index in [9.17, 15) is 8.42 Å². The minimum Gasteiger partial charge on any atom is -0.306 e. The molecular weight excluding hydrogens is 328 g/mol. The molecule has 1 N–H and O–H groups in total. The predicted molar refractivity (Wildman–Crippen MR) is 86.9 cm³/mol. The van der Waals surface area contributed by atoms with Crippen molar-refractivity contribution in [3.05, 3.63) is 48.9 Å². The molecule has 0 radical (unpaired) electrons. The van der Waals surface area contributed by atoms with Gasteiger partial charge in [0.1, 0.15) is 5.65 Å². The van der Waals surface area contributed by atoms with E-state index in [4.69, 9.17) is 0 Å². The molecule has 8 nitrogen and oxygen atoms in total. The van der Waals surface area contributed by atoms with Crippen LogP contribution in [0.1, 0.15) is 0 Å². The second-order valence-electron chi connectivity index (χ2n) is 5.31. The second-order valence-corrected chi connectivity index (χ2v) is 7.30. The minimum atomic E-state index is -3.46. The van der Waals surface area contributed by atoms with Crippen LogP contribution in [-0.2, 0) is 9.84 Å². The molecule has 0 saturated carbocycles. The molecule has 0 fully saturated rings. The summed E-state index contributed by atoms with van der Waals surface area (Å²) >= 11 is 0. The van der Waals surface area contributed by atoms with Gasteiger partial charge in [0.05, 0.1) is 4.90 Å². The van der Waals surface area contributed by atoms with Crippen LogP contribution in [0, 0.1) is 0 Å².